The van der Waals surface area contributed by atoms with E-state index in [1.54, 1.807) is 13.8 Å². The highest BCUT2D eigenvalue weighted by Crippen LogP contribution is 2.46. The fraction of sp³-hybridized carbons (Fsp3) is 0.480. The molecule has 1 heterocycles. The average molecular weight is 498 g/mol. The third-order valence-corrected chi connectivity index (χ3v) is 5.50. The van der Waals surface area contributed by atoms with Gasteiger partial charge in [-0.1, -0.05) is 31.5 Å². The van der Waals surface area contributed by atoms with Gasteiger partial charge in [0.05, 0.1) is 42.4 Å². The Hall–Kier alpha value is -3.30. The summed E-state index contributed by atoms with van der Waals surface area (Å²) in [5.74, 6) is -3.38. The van der Waals surface area contributed by atoms with Gasteiger partial charge in [0.15, 0.2) is 0 Å². The van der Waals surface area contributed by atoms with Crippen molar-refractivity contribution in [2.24, 2.45) is 0 Å². The Balaban J connectivity index is 2.87. The summed E-state index contributed by atoms with van der Waals surface area (Å²) in [7, 11) is 0. The van der Waals surface area contributed by atoms with Gasteiger partial charge >= 0.3 is 24.2 Å². The summed E-state index contributed by atoms with van der Waals surface area (Å²) in [6.45, 7) is 7.76. The van der Waals surface area contributed by atoms with Crippen LogP contribution in [0.5, 0.6) is 0 Å². The normalized spacial score (nSPS) is 14.8. The van der Waals surface area contributed by atoms with Crippen LogP contribution < -0.4 is 0 Å². The average Bonchev–Trinajstić information content (AvgIpc) is 2.78. The standard InChI is InChI=1S/C25H30F3NO6/c1-6-9-14-35-24(32)29-15(4)19(22(30)33-7-2)21(20(16(29)5)23(31)34-8-3)17-12-10-11-13-18(17)25(26,27)28/h10-13,21H,6-9,14H2,1-5H3. The Morgan fingerprint density at radius 3 is 1.86 bits per heavy atom. The van der Waals surface area contributed by atoms with Crippen LogP contribution in [0.3, 0.4) is 0 Å². The number of benzene rings is 1. The molecule has 0 aliphatic carbocycles. The number of nitrogens with zero attached hydrogens (tertiary/aromatic N) is 1. The molecule has 2 rings (SSSR count). The van der Waals surface area contributed by atoms with E-state index in [4.69, 9.17) is 14.2 Å². The van der Waals surface area contributed by atoms with Crippen molar-refractivity contribution in [1.82, 2.24) is 4.90 Å². The molecule has 0 saturated carbocycles. The number of hydrogen-bond donors (Lipinski definition) is 0. The van der Waals surface area contributed by atoms with Crippen LogP contribution in [0.15, 0.2) is 46.8 Å². The number of ether oxygens (including phenoxy) is 3. The zero-order valence-corrected chi connectivity index (χ0v) is 20.5. The van der Waals surface area contributed by atoms with E-state index >= 15 is 0 Å². The van der Waals surface area contributed by atoms with Gasteiger partial charge in [-0.15, -0.1) is 0 Å². The van der Waals surface area contributed by atoms with E-state index in [9.17, 15) is 27.6 Å². The minimum Gasteiger partial charge on any atom is -0.463 e. The van der Waals surface area contributed by atoms with E-state index in [0.29, 0.717) is 6.42 Å². The van der Waals surface area contributed by atoms with Crippen molar-refractivity contribution in [3.8, 4) is 0 Å². The van der Waals surface area contributed by atoms with Gasteiger partial charge in [-0.2, -0.15) is 13.2 Å². The van der Waals surface area contributed by atoms with Crippen LogP contribution in [0, 0.1) is 0 Å². The van der Waals surface area contributed by atoms with Gasteiger partial charge < -0.3 is 14.2 Å². The molecule has 35 heavy (non-hydrogen) atoms. The van der Waals surface area contributed by atoms with Crippen LogP contribution in [0.1, 0.15) is 64.5 Å². The monoisotopic (exact) mass is 497 g/mol. The third-order valence-electron chi connectivity index (χ3n) is 5.50. The van der Waals surface area contributed by atoms with E-state index < -0.39 is 35.7 Å². The summed E-state index contributed by atoms with van der Waals surface area (Å²) >= 11 is 0. The molecular weight excluding hydrogens is 467 g/mol. The number of esters is 2. The van der Waals surface area contributed by atoms with Crippen LogP contribution in [-0.2, 0) is 30.0 Å². The summed E-state index contributed by atoms with van der Waals surface area (Å²) in [6, 6.07) is 4.67. The number of amides is 1. The van der Waals surface area contributed by atoms with Crippen LogP contribution in [-0.4, -0.2) is 42.8 Å². The van der Waals surface area contributed by atoms with Crippen molar-refractivity contribution in [1.29, 1.82) is 0 Å². The highest BCUT2D eigenvalue weighted by atomic mass is 19.4. The highest BCUT2D eigenvalue weighted by Gasteiger charge is 2.46. The van der Waals surface area contributed by atoms with E-state index in [2.05, 4.69) is 0 Å². The lowest BCUT2D eigenvalue weighted by atomic mass is 9.78. The largest absolute Gasteiger partial charge is 0.463 e. The molecule has 0 radical (unpaired) electrons. The quantitative estimate of drug-likeness (QED) is 0.260. The molecule has 0 atom stereocenters. The Kier molecular flexibility index (Phi) is 9.50. The molecule has 0 spiro atoms. The fourth-order valence-corrected chi connectivity index (χ4v) is 3.96. The summed E-state index contributed by atoms with van der Waals surface area (Å²) in [6.07, 6.45) is -4.29. The zero-order chi connectivity index (χ0) is 26.3. The molecule has 0 N–H and O–H groups in total. The van der Waals surface area contributed by atoms with Crippen molar-refractivity contribution >= 4 is 18.0 Å². The number of halogens is 3. The number of carbonyl (C=O) groups excluding carboxylic acids is 3. The number of unbranched alkanes of at least 4 members (excludes halogenated alkanes) is 1. The summed E-state index contributed by atoms with van der Waals surface area (Å²) < 4.78 is 57.5. The van der Waals surface area contributed by atoms with Gasteiger partial charge in [-0.25, -0.2) is 14.4 Å². The lowest BCUT2D eigenvalue weighted by Gasteiger charge is -2.36. The molecule has 0 unspecified atom stereocenters. The molecule has 192 valence electrons. The molecule has 1 aromatic rings. The molecule has 0 saturated heterocycles. The van der Waals surface area contributed by atoms with Crippen LogP contribution in [0.25, 0.3) is 0 Å². The zero-order valence-electron chi connectivity index (χ0n) is 20.5. The summed E-state index contributed by atoms with van der Waals surface area (Å²) in [5.41, 5.74) is -1.87. The molecular formula is C25H30F3NO6. The number of carbonyl (C=O) groups is 3. The Morgan fingerprint density at radius 2 is 1.40 bits per heavy atom. The van der Waals surface area contributed by atoms with Crippen molar-refractivity contribution in [3.63, 3.8) is 0 Å². The van der Waals surface area contributed by atoms with Crippen molar-refractivity contribution in [2.45, 2.75) is 59.6 Å². The molecule has 1 amide bonds. The Morgan fingerprint density at radius 1 is 0.886 bits per heavy atom. The molecule has 0 bridgehead atoms. The van der Waals surface area contributed by atoms with Crippen molar-refractivity contribution in [2.75, 3.05) is 19.8 Å². The number of rotatable bonds is 8. The molecule has 0 fully saturated rings. The SMILES string of the molecule is CCCCOC(=O)N1C(C)=C(C(=O)OCC)C(c2ccccc2C(F)(F)F)C(C(=O)OCC)=C1C. The fourth-order valence-electron chi connectivity index (χ4n) is 3.96. The Bertz CT molecular complexity index is 986. The van der Waals surface area contributed by atoms with Crippen molar-refractivity contribution in [3.05, 3.63) is 57.9 Å². The predicted molar refractivity (Wildman–Crippen MR) is 121 cm³/mol. The molecule has 1 aliphatic rings. The van der Waals surface area contributed by atoms with E-state index in [1.807, 2.05) is 6.92 Å². The molecule has 10 heteroatoms. The van der Waals surface area contributed by atoms with Gasteiger partial charge in [0, 0.05) is 11.4 Å². The lowest BCUT2D eigenvalue weighted by molar-refractivity contribution is -0.142. The Labute approximate surface area is 202 Å². The second-order valence-corrected chi connectivity index (χ2v) is 7.76. The predicted octanol–water partition coefficient (Wildman–Crippen LogP) is 5.72. The van der Waals surface area contributed by atoms with Gasteiger partial charge in [0.1, 0.15) is 0 Å². The van der Waals surface area contributed by atoms with E-state index in [1.165, 1.54) is 32.0 Å². The topological polar surface area (TPSA) is 82.1 Å². The number of alkyl halides is 3. The van der Waals surface area contributed by atoms with E-state index in [-0.39, 0.29) is 47.9 Å². The van der Waals surface area contributed by atoms with E-state index in [0.717, 1.165) is 17.4 Å². The smallest absolute Gasteiger partial charge is 0.418 e. The minimum absolute atomic E-state index is 0.0116. The van der Waals surface area contributed by atoms with Crippen LogP contribution in [0.4, 0.5) is 18.0 Å². The first-order chi connectivity index (χ1) is 16.5. The molecule has 0 aromatic heterocycles. The third kappa shape index (κ3) is 6.04. The number of allylic oxidation sites excluding steroid dienone is 2. The molecule has 7 nitrogen and oxygen atoms in total. The second-order valence-electron chi connectivity index (χ2n) is 7.76. The molecule has 1 aliphatic heterocycles. The van der Waals surface area contributed by atoms with Crippen LogP contribution >= 0.6 is 0 Å². The lowest BCUT2D eigenvalue weighted by Crippen LogP contribution is -2.39. The maximum atomic E-state index is 14.0. The van der Waals surface area contributed by atoms with Crippen molar-refractivity contribution < 1.29 is 41.8 Å². The summed E-state index contributed by atoms with van der Waals surface area (Å²) in [4.78, 5) is 40.2. The molecule has 1 aromatic carbocycles. The first kappa shape index (κ1) is 27.9. The van der Waals surface area contributed by atoms with Gasteiger partial charge in [0.2, 0.25) is 0 Å². The first-order valence-electron chi connectivity index (χ1n) is 11.4. The first-order valence-corrected chi connectivity index (χ1v) is 11.4. The van der Waals surface area contributed by atoms with Gasteiger partial charge in [0.25, 0.3) is 0 Å². The van der Waals surface area contributed by atoms with Crippen LogP contribution in [0.2, 0.25) is 0 Å². The maximum absolute atomic E-state index is 14.0. The second kappa shape index (κ2) is 11.9. The minimum atomic E-state index is -4.77. The maximum Gasteiger partial charge on any atom is 0.418 e. The summed E-state index contributed by atoms with van der Waals surface area (Å²) in [5, 5.41) is 0. The number of hydrogen-bond acceptors (Lipinski definition) is 6. The van der Waals surface area contributed by atoms with Gasteiger partial charge in [-0.3, -0.25) is 4.90 Å². The van der Waals surface area contributed by atoms with Gasteiger partial charge in [-0.05, 0) is 45.7 Å². The highest BCUT2D eigenvalue weighted by molar-refractivity contribution is 6.01.